The molecule has 0 saturated heterocycles. The Bertz CT molecular complexity index is 1430. The Labute approximate surface area is 255 Å². The van der Waals surface area contributed by atoms with Crippen molar-refractivity contribution >= 4 is 0 Å². The Balaban J connectivity index is 1.78. The average molecular weight is 639 g/mol. The number of halogens is 8. The van der Waals surface area contributed by atoms with Crippen LogP contribution >= 0.6 is 0 Å². The fourth-order valence-corrected chi connectivity index (χ4v) is 4.61. The van der Waals surface area contributed by atoms with Crippen LogP contribution in [0, 0.1) is 13.8 Å². The van der Waals surface area contributed by atoms with Crippen molar-refractivity contribution < 1.29 is 49.3 Å². The van der Waals surface area contributed by atoms with Crippen LogP contribution in [-0.2, 0) is 22.3 Å². The second-order valence-corrected chi connectivity index (χ2v) is 10.6. The van der Waals surface area contributed by atoms with Crippen molar-refractivity contribution in [1.82, 2.24) is 0 Å². The zero-order valence-electron chi connectivity index (χ0n) is 24.3. The monoisotopic (exact) mass is 638 g/mol. The van der Waals surface area contributed by atoms with Crippen molar-refractivity contribution in [2.45, 2.75) is 51.8 Å². The lowest BCUT2D eigenvalue weighted by Crippen LogP contribution is -2.19. The van der Waals surface area contributed by atoms with Crippen LogP contribution in [-0.4, -0.2) is 25.6 Å². The van der Waals surface area contributed by atoms with Gasteiger partial charge in [0.1, 0.15) is 24.7 Å². The summed E-state index contributed by atoms with van der Waals surface area (Å²) in [5, 5.41) is 0. The van der Waals surface area contributed by atoms with Crippen LogP contribution in [0.2, 0.25) is 0 Å². The number of hydrogen-bond acceptors (Lipinski definition) is 3. The zero-order chi connectivity index (χ0) is 32.8. The van der Waals surface area contributed by atoms with E-state index < -0.39 is 38.3 Å². The highest BCUT2D eigenvalue weighted by atomic mass is 19.4. The first-order valence-corrected chi connectivity index (χ1v) is 13.9. The van der Waals surface area contributed by atoms with Gasteiger partial charge in [-0.25, -0.2) is 8.78 Å². The molecule has 0 bridgehead atoms. The summed E-state index contributed by atoms with van der Waals surface area (Å²) in [4.78, 5) is 0. The van der Waals surface area contributed by atoms with Gasteiger partial charge >= 0.3 is 12.4 Å². The summed E-state index contributed by atoms with van der Waals surface area (Å²) in [7, 11) is 0. The largest absolute Gasteiger partial charge is 0.457 e. The molecule has 3 nitrogen and oxygen atoms in total. The first-order chi connectivity index (χ1) is 21.2. The van der Waals surface area contributed by atoms with Crippen molar-refractivity contribution in [3.05, 3.63) is 129 Å². The lowest BCUT2D eigenvalue weighted by molar-refractivity contribution is -0.203. The molecule has 0 aliphatic heterocycles. The highest BCUT2D eigenvalue weighted by Gasteiger charge is 2.32. The molecule has 0 aromatic heterocycles. The van der Waals surface area contributed by atoms with Crippen molar-refractivity contribution in [3.8, 4) is 11.5 Å². The molecule has 0 fully saturated rings. The minimum absolute atomic E-state index is 0.0367. The highest BCUT2D eigenvalue weighted by molar-refractivity contribution is 5.50. The first kappa shape index (κ1) is 33.9. The second kappa shape index (κ2) is 14.4. The molecule has 2 atom stereocenters. The Hall–Kier alpha value is -3.96. The van der Waals surface area contributed by atoms with Crippen LogP contribution in [0.1, 0.15) is 57.2 Å². The molecule has 0 spiro atoms. The number of aryl methyl sites for hydroxylation is 2. The Morgan fingerprint density at radius 2 is 0.889 bits per heavy atom. The van der Waals surface area contributed by atoms with Crippen LogP contribution in [0.5, 0.6) is 11.5 Å². The van der Waals surface area contributed by atoms with Crippen molar-refractivity contribution in [1.29, 1.82) is 0 Å². The Kier molecular flexibility index (Phi) is 10.9. The molecule has 0 N–H and O–H groups in total. The van der Waals surface area contributed by atoms with Crippen LogP contribution in [0.4, 0.5) is 35.1 Å². The topological polar surface area (TPSA) is 27.7 Å². The van der Waals surface area contributed by atoms with Gasteiger partial charge in [-0.3, -0.25) is 0 Å². The summed E-state index contributed by atoms with van der Waals surface area (Å²) in [6.45, 7) is 0.103. The number of rotatable bonds is 12. The van der Waals surface area contributed by atoms with Gasteiger partial charge in [-0.2, -0.15) is 26.3 Å². The number of hydrogen-bond donors (Lipinski definition) is 0. The molecule has 45 heavy (non-hydrogen) atoms. The van der Waals surface area contributed by atoms with Crippen LogP contribution in [0.25, 0.3) is 0 Å². The minimum atomic E-state index is -4.77. The molecule has 240 valence electrons. The normalized spacial score (nSPS) is 13.5. The van der Waals surface area contributed by atoms with Gasteiger partial charge in [0, 0.05) is 35.1 Å². The van der Waals surface area contributed by atoms with Gasteiger partial charge in [0.05, 0.1) is 0 Å². The van der Waals surface area contributed by atoms with E-state index in [-0.39, 0.29) is 46.6 Å². The van der Waals surface area contributed by atoms with Gasteiger partial charge in [-0.1, -0.05) is 83.9 Å². The maximum absolute atomic E-state index is 15.2. The molecule has 0 aliphatic carbocycles. The molecule has 0 radical (unpaired) electrons. The van der Waals surface area contributed by atoms with Gasteiger partial charge in [0.25, 0.3) is 0 Å². The van der Waals surface area contributed by atoms with Crippen molar-refractivity contribution in [2.24, 2.45) is 0 Å². The summed E-state index contributed by atoms with van der Waals surface area (Å²) in [5.74, 6) is 0.0838. The van der Waals surface area contributed by atoms with E-state index in [1.165, 1.54) is 36.4 Å². The molecular formula is C34H30F8O3. The second-order valence-electron chi connectivity index (χ2n) is 10.6. The molecule has 0 amide bonds. The predicted molar refractivity (Wildman–Crippen MR) is 153 cm³/mol. The van der Waals surface area contributed by atoms with Crippen LogP contribution in [0.3, 0.4) is 0 Å². The number of ether oxygens (including phenoxy) is 3. The molecule has 4 rings (SSSR count). The van der Waals surface area contributed by atoms with E-state index in [1.54, 1.807) is 24.3 Å². The molecule has 0 heterocycles. The molecule has 4 aromatic rings. The number of benzene rings is 4. The van der Waals surface area contributed by atoms with Gasteiger partial charge in [0.2, 0.25) is 12.7 Å². The smallest absolute Gasteiger partial charge is 0.411 e. The van der Waals surface area contributed by atoms with Crippen molar-refractivity contribution in [3.63, 3.8) is 0 Å². The van der Waals surface area contributed by atoms with Gasteiger partial charge in [0.15, 0.2) is 0 Å². The molecule has 0 saturated carbocycles. The van der Waals surface area contributed by atoms with Crippen LogP contribution < -0.4 is 4.74 Å². The molecule has 0 aliphatic rings. The number of alkyl halides is 8. The lowest BCUT2D eigenvalue weighted by atomic mass is 9.96. The predicted octanol–water partition coefficient (Wildman–Crippen LogP) is 10.4. The van der Waals surface area contributed by atoms with E-state index in [0.717, 1.165) is 11.1 Å². The van der Waals surface area contributed by atoms with Gasteiger partial charge < -0.3 is 14.2 Å². The lowest BCUT2D eigenvalue weighted by Gasteiger charge is -2.22. The summed E-state index contributed by atoms with van der Waals surface area (Å²) in [6.07, 6.45) is -14.4. The van der Waals surface area contributed by atoms with Gasteiger partial charge in [-0.05, 0) is 37.1 Å². The summed E-state index contributed by atoms with van der Waals surface area (Å²) >= 11 is 0. The average Bonchev–Trinajstić information content (AvgIpc) is 2.97. The van der Waals surface area contributed by atoms with E-state index >= 15 is 8.78 Å². The first-order valence-electron chi connectivity index (χ1n) is 13.9. The third kappa shape index (κ3) is 10.0. The zero-order valence-corrected chi connectivity index (χ0v) is 24.3. The van der Waals surface area contributed by atoms with E-state index in [1.807, 2.05) is 38.1 Å². The molecular weight excluding hydrogens is 608 g/mol. The van der Waals surface area contributed by atoms with Crippen molar-refractivity contribution in [2.75, 3.05) is 13.2 Å². The standard InChI is InChI=1S/C34H30F8O3/c1-21-9-13-23(14-10-21)17-27-25(31(35)43-19-33(37,38)39)5-3-7-29(27)45-30-8-4-6-26(32(36)44-20-34(40,41)42)28(30)18-24-15-11-22(2)12-16-24/h3-16,31-32H,17-20H2,1-2H3. The molecule has 2 unspecified atom stereocenters. The van der Waals surface area contributed by atoms with Crippen LogP contribution in [0.15, 0.2) is 84.9 Å². The van der Waals surface area contributed by atoms with E-state index in [0.29, 0.717) is 11.1 Å². The maximum Gasteiger partial charge on any atom is 0.411 e. The molecule has 4 aromatic carbocycles. The maximum atomic E-state index is 15.2. The third-order valence-electron chi connectivity index (χ3n) is 6.84. The van der Waals surface area contributed by atoms with E-state index in [2.05, 4.69) is 9.47 Å². The fourth-order valence-electron chi connectivity index (χ4n) is 4.61. The van der Waals surface area contributed by atoms with Gasteiger partial charge in [-0.15, -0.1) is 0 Å². The highest BCUT2D eigenvalue weighted by Crippen LogP contribution is 2.39. The third-order valence-corrected chi connectivity index (χ3v) is 6.84. The SMILES string of the molecule is Cc1ccc(Cc2c(Oc3cccc(C(F)OCC(F)(F)F)c3Cc3ccc(C)cc3)cccc2C(F)OCC(F)(F)F)cc1. The van der Waals surface area contributed by atoms with E-state index in [4.69, 9.17) is 4.74 Å². The fraction of sp³-hybridized carbons (Fsp3) is 0.294. The Morgan fingerprint density at radius 1 is 0.533 bits per heavy atom. The van der Waals surface area contributed by atoms with E-state index in [9.17, 15) is 26.3 Å². The Morgan fingerprint density at radius 3 is 1.22 bits per heavy atom. The minimum Gasteiger partial charge on any atom is -0.457 e. The molecule has 11 heteroatoms. The quantitative estimate of drug-likeness (QED) is 0.145. The summed E-state index contributed by atoms with van der Waals surface area (Å²) in [6, 6.07) is 22.6. The summed E-state index contributed by atoms with van der Waals surface area (Å²) < 4.78 is 123. The summed E-state index contributed by atoms with van der Waals surface area (Å²) in [5.41, 5.74) is 3.23.